The van der Waals surface area contributed by atoms with Gasteiger partial charge in [0.15, 0.2) is 11.9 Å². The number of benzene rings is 3. The van der Waals surface area contributed by atoms with Crippen LogP contribution in [0.1, 0.15) is 12.5 Å². The van der Waals surface area contributed by atoms with Gasteiger partial charge in [0.2, 0.25) is 0 Å². The van der Waals surface area contributed by atoms with Crippen LogP contribution in [0.25, 0.3) is 22.3 Å². The standard InChI is InChI=1S/C24H19N3O4/c1-16(24(29)30)31-19-11-7-8-17(14-19)15-25-27-22(18-9-3-2-4-10-18)26-21-13-6-5-12-20(21)23(27)28/h2-16H,1H3,(H,29,30)/t16-/m1/s1. The highest BCUT2D eigenvalue weighted by molar-refractivity contribution is 5.82. The molecular weight excluding hydrogens is 394 g/mol. The van der Waals surface area contributed by atoms with Crippen LogP contribution in [0.4, 0.5) is 0 Å². The van der Waals surface area contributed by atoms with E-state index in [0.29, 0.717) is 28.0 Å². The van der Waals surface area contributed by atoms with E-state index in [0.717, 1.165) is 5.56 Å². The van der Waals surface area contributed by atoms with Crippen LogP contribution in [0.5, 0.6) is 5.75 Å². The maximum atomic E-state index is 13.2. The number of carboxylic acid groups (broad SMARTS) is 1. The van der Waals surface area contributed by atoms with E-state index in [1.165, 1.54) is 17.8 Å². The van der Waals surface area contributed by atoms with Gasteiger partial charge in [0.1, 0.15) is 5.75 Å². The fourth-order valence-electron chi connectivity index (χ4n) is 3.05. The highest BCUT2D eigenvalue weighted by atomic mass is 16.5. The summed E-state index contributed by atoms with van der Waals surface area (Å²) in [7, 11) is 0. The van der Waals surface area contributed by atoms with Crippen LogP contribution >= 0.6 is 0 Å². The zero-order chi connectivity index (χ0) is 21.8. The molecule has 154 valence electrons. The Hall–Kier alpha value is -4.26. The van der Waals surface area contributed by atoms with E-state index in [9.17, 15) is 9.59 Å². The molecule has 0 bridgehead atoms. The molecule has 1 aromatic heterocycles. The van der Waals surface area contributed by atoms with Crippen molar-refractivity contribution in [2.45, 2.75) is 13.0 Å². The van der Waals surface area contributed by atoms with Gasteiger partial charge in [-0.3, -0.25) is 4.79 Å². The monoisotopic (exact) mass is 413 g/mol. The summed E-state index contributed by atoms with van der Waals surface area (Å²) in [6.07, 6.45) is 0.534. The molecule has 0 spiro atoms. The number of para-hydroxylation sites is 1. The second kappa shape index (κ2) is 8.62. The molecule has 0 unspecified atom stereocenters. The Balaban J connectivity index is 1.78. The lowest BCUT2D eigenvalue weighted by Crippen LogP contribution is -2.22. The van der Waals surface area contributed by atoms with Crippen molar-refractivity contribution in [1.82, 2.24) is 9.66 Å². The Morgan fingerprint density at radius 2 is 1.81 bits per heavy atom. The number of fused-ring (bicyclic) bond motifs is 1. The van der Waals surface area contributed by atoms with Crippen molar-refractivity contribution < 1.29 is 14.6 Å². The van der Waals surface area contributed by atoms with E-state index in [1.807, 2.05) is 36.4 Å². The molecule has 7 nitrogen and oxygen atoms in total. The number of rotatable bonds is 6. The van der Waals surface area contributed by atoms with Crippen molar-refractivity contribution in [2.75, 3.05) is 0 Å². The lowest BCUT2D eigenvalue weighted by Gasteiger charge is -2.11. The number of aliphatic carboxylic acids is 1. The highest BCUT2D eigenvalue weighted by Crippen LogP contribution is 2.19. The third-order valence-electron chi connectivity index (χ3n) is 4.63. The average Bonchev–Trinajstić information content (AvgIpc) is 2.79. The first-order chi connectivity index (χ1) is 15.0. The van der Waals surface area contributed by atoms with Crippen molar-refractivity contribution in [2.24, 2.45) is 5.10 Å². The number of hydrogen-bond donors (Lipinski definition) is 1. The molecule has 7 heteroatoms. The molecule has 4 aromatic rings. The molecule has 1 atom stereocenters. The Morgan fingerprint density at radius 1 is 1.06 bits per heavy atom. The van der Waals surface area contributed by atoms with E-state index in [1.54, 1.807) is 42.5 Å². The van der Waals surface area contributed by atoms with Gasteiger partial charge in [0.25, 0.3) is 5.56 Å². The van der Waals surface area contributed by atoms with E-state index in [-0.39, 0.29) is 5.56 Å². The first-order valence-corrected chi connectivity index (χ1v) is 9.64. The first-order valence-electron chi connectivity index (χ1n) is 9.64. The van der Waals surface area contributed by atoms with Crippen molar-refractivity contribution in [3.63, 3.8) is 0 Å². The fraction of sp³-hybridized carbons (Fsp3) is 0.0833. The van der Waals surface area contributed by atoms with Gasteiger partial charge in [-0.05, 0) is 36.8 Å². The van der Waals surface area contributed by atoms with E-state index >= 15 is 0 Å². The number of hydrogen-bond acceptors (Lipinski definition) is 5. The number of carboxylic acids is 1. The van der Waals surface area contributed by atoms with Crippen LogP contribution in [0, 0.1) is 0 Å². The number of ether oxygens (including phenoxy) is 1. The molecule has 0 saturated heterocycles. The minimum absolute atomic E-state index is 0.285. The smallest absolute Gasteiger partial charge is 0.344 e. The SMILES string of the molecule is C[C@@H](Oc1cccc(C=Nn2c(-c3ccccc3)nc3ccccc3c2=O)c1)C(=O)O. The second-order valence-electron chi connectivity index (χ2n) is 6.85. The van der Waals surface area contributed by atoms with Crippen molar-refractivity contribution in [3.05, 3.63) is 94.8 Å². The molecule has 3 aromatic carbocycles. The zero-order valence-corrected chi connectivity index (χ0v) is 16.7. The minimum Gasteiger partial charge on any atom is -0.479 e. The Bertz CT molecular complexity index is 1330. The largest absolute Gasteiger partial charge is 0.479 e. The van der Waals surface area contributed by atoms with Gasteiger partial charge >= 0.3 is 5.97 Å². The lowest BCUT2D eigenvalue weighted by atomic mass is 10.2. The highest BCUT2D eigenvalue weighted by Gasteiger charge is 2.13. The quantitative estimate of drug-likeness (QED) is 0.485. The van der Waals surface area contributed by atoms with Gasteiger partial charge in [-0.1, -0.05) is 54.6 Å². The number of aromatic nitrogens is 2. The Morgan fingerprint density at radius 3 is 2.58 bits per heavy atom. The molecule has 0 saturated carbocycles. The van der Waals surface area contributed by atoms with Crippen LogP contribution in [-0.4, -0.2) is 33.1 Å². The third-order valence-corrected chi connectivity index (χ3v) is 4.63. The second-order valence-corrected chi connectivity index (χ2v) is 6.85. The summed E-state index contributed by atoms with van der Waals surface area (Å²) >= 11 is 0. The van der Waals surface area contributed by atoms with Crippen LogP contribution in [-0.2, 0) is 4.79 Å². The summed E-state index contributed by atoms with van der Waals surface area (Å²) in [6, 6.07) is 23.3. The molecule has 0 aliphatic rings. The lowest BCUT2D eigenvalue weighted by molar-refractivity contribution is -0.144. The molecular formula is C24H19N3O4. The summed E-state index contributed by atoms with van der Waals surface area (Å²) < 4.78 is 6.67. The summed E-state index contributed by atoms with van der Waals surface area (Å²) in [5.74, 6) is -0.237. The summed E-state index contributed by atoms with van der Waals surface area (Å²) in [6.45, 7) is 1.45. The minimum atomic E-state index is -1.06. The first kappa shape index (κ1) is 20.0. The van der Waals surface area contributed by atoms with Crippen molar-refractivity contribution in [3.8, 4) is 17.1 Å². The molecule has 0 radical (unpaired) electrons. The molecule has 0 aliphatic carbocycles. The predicted octanol–water partition coefficient (Wildman–Crippen LogP) is 3.80. The zero-order valence-electron chi connectivity index (χ0n) is 16.7. The molecule has 0 fully saturated rings. The van der Waals surface area contributed by atoms with E-state index in [4.69, 9.17) is 9.84 Å². The van der Waals surface area contributed by atoms with Gasteiger partial charge in [0.05, 0.1) is 17.1 Å². The predicted molar refractivity (Wildman–Crippen MR) is 119 cm³/mol. The molecule has 0 aliphatic heterocycles. The van der Waals surface area contributed by atoms with Gasteiger partial charge < -0.3 is 9.84 Å². The maximum absolute atomic E-state index is 13.2. The van der Waals surface area contributed by atoms with E-state index in [2.05, 4.69) is 10.1 Å². The van der Waals surface area contributed by atoms with Gasteiger partial charge in [-0.2, -0.15) is 9.78 Å². The molecule has 4 rings (SSSR count). The Kier molecular flexibility index (Phi) is 5.57. The van der Waals surface area contributed by atoms with Crippen LogP contribution in [0.3, 0.4) is 0 Å². The summed E-state index contributed by atoms with van der Waals surface area (Å²) in [4.78, 5) is 28.8. The van der Waals surface area contributed by atoms with Gasteiger partial charge in [-0.15, -0.1) is 0 Å². The summed E-state index contributed by atoms with van der Waals surface area (Å²) in [5, 5.41) is 13.9. The molecule has 1 N–H and O–H groups in total. The summed E-state index contributed by atoms with van der Waals surface area (Å²) in [5.41, 5.74) is 1.72. The van der Waals surface area contributed by atoms with Crippen molar-refractivity contribution in [1.29, 1.82) is 0 Å². The Labute approximate surface area is 177 Å². The number of carbonyl (C=O) groups is 1. The van der Waals surface area contributed by atoms with Crippen LogP contribution < -0.4 is 10.3 Å². The van der Waals surface area contributed by atoms with Crippen LogP contribution in [0.2, 0.25) is 0 Å². The normalized spacial score (nSPS) is 12.2. The molecule has 0 amide bonds. The average molecular weight is 413 g/mol. The topological polar surface area (TPSA) is 93.8 Å². The van der Waals surface area contributed by atoms with Gasteiger partial charge in [0, 0.05) is 5.56 Å². The van der Waals surface area contributed by atoms with E-state index < -0.39 is 12.1 Å². The van der Waals surface area contributed by atoms with Crippen molar-refractivity contribution >= 4 is 23.1 Å². The molecule has 1 heterocycles. The third kappa shape index (κ3) is 4.35. The van der Waals surface area contributed by atoms with Gasteiger partial charge in [-0.25, -0.2) is 9.78 Å². The van der Waals surface area contributed by atoms with Crippen LogP contribution in [0.15, 0.2) is 88.8 Å². The maximum Gasteiger partial charge on any atom is 0.344 e. The number of nitrogens with zero attached hydrogens (tertiary/aromatic N) is 3. The molecule has 31 heavy (non-hydrogen) atoms. The fourth-order valence-corrected chi connectivity index (χ4v) is 3.05.